The molecular formula is C34H40FN3O5. The quantitative estimate of drug-likeness (QED) is 0.314. The van der Waals surface area contributed by atoms with E-state index in [0.29, 0.717) is 65.5 Å². The van der Waals surface area contributed by atoms with E-state index >= 15 is 0 Å². The Labute approximate surface area is 252 Å². The van der Waals surface area contributed by atoms with E-state index < -0.39 is 12.2 Å². The van der Waals surface area contributed by atoms with Gasteiger partial charge in [-0.25, -0.2) is 4.39 Å². The zero-order valence-corrected chi connectivity index (χ0v) is 25.2. The van der Waals surface area contributed by atoms with Crippen molar-refractivity contribution in [2.75, 3.05) is 39.8 Å². The number of rotatable bonds is 11. The van der Waals surface area contributed by atoms with Crippen molar-refractivity contribution in [1.82, 2.24) is 15.1 Å². The van der Waals surface area contributed by atoms with Gasteiger partial charge in [-0.2, -0.15) is 0 Å². The summed E-state index contributed by atoms with van der Waals surface area (Å²) in [6, 6.07) is 17.3. The van der Waals surface area contributed by atoms with E-state index in [-0.39, 0.29) is 30.2 Å². The van der Waals surface area contributed by atoms with Gasteiger partial charge in [0.05, 0.1) is 13.2 Å². The van der Waals surface area contributed by atoms with Gasteiger partial charge in [0.15, 0.2) is 0 Å². The summed E-state index contributed by atoms with van der Waals surface area (Å²) in [5.41, 5.74) is 3.09. The van der Waals surface area contributed by atoms with Crippen LogP contribution in [-0.2, 0) is 4.79 Å². The van der Waals surface area contributed by atoms with Crippen LogP contribution in [0.15, 0.2) is 73.3 Å². The van der Waals surface area contributed by atoms with Gasteiger partial charge < -0.3 is 24.8 Å². The Morgan fingerprint density at radius 2 is 1.74 bits per heavy atom. The van der Waals surface area contributed by atoms with Crippen LogP contribution in [0.5, 0.6) is 11.5 Å². The van der Waals surface area contributed by atoms with Gasteiger partial charge in [0.25, 0.3) is 5.91 Å². The van der Waals surface area contributed by atoms with E-state index in [0.717, 1.165) is 0 Å². The molecule has 1 saturated heterocycles. The summed E-state index contributed by atoms with van der Waals surface area (Å²) in [6.45, 7) is 11.5. The van der Waals surface area contributed by atoms with Gasteiger partial charge >= 0.3 is 0 Å². The summed E-state index contributed by atoms with van der Waals surface area (Å²) in [6.07, 6.45) is -0.0155. The molecule has 0 aromatic heterocycles. The lowest BCUT2D eigenvalue weighted by Crippen LogP contribution is -2.54. The summed E-state index contributed by atoms with van der Waals surface area (Å²) < 4.78 is 26.2. The number of ether oxygens (including phenoxy) is 2. The van der Waals surface area contributed by atoms with Gasteiger partial charge in [-0.05, 0) is 85.5 Å². The number of carbonyl (C=O) groups excluding carboxylic acids is 2. The monoisotopic (exact) mass is 589 g/mol. The Morgan fingerprint density at radius 3 is 2.37 bits per heavy atom. The Bertz CT molecular complexity index is 1440. The van der Waals surface area contributed by atoms with Crippen molar-refractivity contribution in [2.45, 2.75) is 39.0 Å². The first kappa shape index (κ1) is 31.7. The molecule has 8 nitrogen and oxygen atoms in total. The van der Waals surface area contributed by atoms with E-state index in [9.17, 15) is 19.1 Å². The second-order valence-electron chi connectivity index (χ2n) is 10.9. The highest BCUT2D eigenvalue weighted by Gasteiger charge is 2.29. The summed E-state index contributed by atoms with van der Waals surface area (Å²) in [4.78, 5) is 29.1. The third-order valence-corrected chi connectivity index (χ3v) is 7.84. The molecule has 228 valence electrons. The number of aliphatic hydroxyl groups is 1. The number of hydrogen-bond acceptors (Lipinski definition) is 6. The Hall–Kier alpha value is -4.21. The summed E-state index contributed by atoms with van der Waals surface area (Å²) in [5, 5.41) is 13.3. The smallest absolute Gasteiger partial charge is 0.251 e. The average Bonchev–Trinajstić information content (AvgIpc) is 3.00. The minimum Gasteiger partial charge on any atom is -0.497 e. The molecular weight excluding hydrogens is 549 g/mol. The SMILES string of the molecule is C=CC(=O)N1CCN(CC(Oc2ccc(C(=O)NC[C@H](O)c3ccc(OC)cc3)c(C)c2)c2ccc(C)c(F)c2)C[C@H]1C. The van der Waals surface area contributed by atoms with Gasteiger partial charge in [0, 0.05) is 44.3 Å². The topological polar surface area (TPSA) is 91.3 Å². The van der Waals surface area contributed by atoms with Crippen LogP contribution in [0.3, 0.4) is 0 Å². The molecule has 3 atom stereocenters. The fourth-order valence-electron chi connectivity index (χ4n) is 5.26. The molecule has 9 heteroatoms. The molecule has 43 heavy (non-hydrogen) atoms. The molecule has 0 saturated carbocycles. The van der Waals surface area contributed by atoms with Crippen LogP contribution in [-0.4, -0.2) is 72.6 Å². The Balaban J connectivity index is 1.45. The summed E-state index contributed by atoms with van der Waals surface area (Å²) in [5.74, 6) is 0.530. The Morgan fingerprint density at radius 1 is 1.05 bits per heavy atom. The molecule has 1 aliphatic heterocycles. The summed E-state index contributed by atoms with van der Waals surface area (Å²) >= 11 is 0. The maximum Gasteiger partial charge on any atom is 0.251 e. The zero-order valence-electron chi connectivity index (χ0n) is 25.2. The van der Waals surface area contributed by atoms with E-state index in [1.807, 2.05) is 19.9 Å². The average molecular weight is 590 g/mol. The molecule has 3 aromatic rings. The molecule has 2 N–H and O–H groups in total. The highest BCUT2D eigenvalue weighted by atomic mass is 19.1. The second-order valence-corrected chi connectivity index (χ2v) is 10.9. The Kier molecular flexibility index (Phi) is 10.6. The largest absolute Gasteiger partial charge is 0.497 e. The second kappa shape index (κ2) is 14.3. The van der Waals surface area contributed by atoms with Crippen LogP contribution in [0.2, 0.25) is 0 Å². The molecule has 0 radical (unpaired) electrons. The number of nitrogens with one attached hydrogen (secondary N) is 1. The highest BCUT2D eigenvalue weighted by Crippen LogP contribution is 2.28. The van der Waals surface area contributed by atoms with Crippen LogP contribution < -0.4 is 14.8 Å². The number of aryl methyl sites for hydroxylation is 2. The molecule has 2 amide bonds. The third-order valence-electron chi connectivity index (χ3n) is 7.84. The minimum atomic E-state index is -0.868. The van der Waals surface area contributed by atoms with E-state index in [4.69, 9.17) is 9.47 Å². The fourth-order valence-corrected chi connectivity index (χ4v) is 5.26. The number of hydrogen-bond donors (Lipinski definition) is 2. The number of piperazine rings is 1. The molecule has 0 spiro atoms. The standard InChI is InChI=1S/C34H40FN3O5/c1-6-33(40)38-16-15-37(20-24(38)4)21-32(26-8-7-22(2)30(35)18-26)43-28-13-14-29(23(3)17-28)34(41)36-19-31(39)25-9-11-27(42-5)12-10-25/h6-14,17-18,24,31-32,39H,1,15-16,19-21H2,2-5H3,(H,36,41)/t24-,31+,32?/m1/s1. The number of carbonyl (C=O) groups is 2. The zero-order chi connectivity index (χ0) is 31.1. The van der Waals surface area contributed by atoms with Gasteiger partial charge in [0.2, 0.25) is 5.91 Å². The third kappa shape index (κ3) is 8.00. The molecule has 4 rings (SSSR count). The lowest BCUT2D eigenvalue weighted by molar-refractivity contribution is -0.130. The first-order chi connectivity index (χ1) is 20.6. The van der Waals surface area contributed by atoms with Crippen molar-refractivity contribution >= 4 is 11.8 Å². The van der Waals surface area contributed by atoms with Crippen LogP contribution in [0.25, 0.3) is 0 Å². The normalized spacial score (nSPS) is 16.7. The predicted molar refractivity (Wildman–Crippen MR) is 164 cm³/mol. The lowest BCUT2D eigenvalue weighted by Gasteiger charge is -2.40. The van der Waals surface area contributed by atoms with E-state index in [1.54, 1.807) is 67.5 Å². The molecule has 1 unspecified atom stereocenters. The molecule has 0 aliphatic carbocycles. The van der Waals surface area contributed by atoms with Crippen molar-refractivity contribution in [1.29, 1.82) is 0 Å². The van der Waals surface area contributed by atoms with Crippen molar-refractivity contribution < 1.29 is 28.6 Å². The van der Waals surface area contributed by atoms with Gasteiger partial charge in [0.1, 0.15) is 23.4 Å². The van der Waals surface area contributed by atoms with Gasteiger partial charge in [-0.1, -0.05) is 30.8 Å². The molecule has 1 fully saturated rings. The van der Waals surface area contributed by atoms with Gasteiger partial charge in [-0.3, -0.25) is 14.5 Å². The molecule has 1 aliphatic rings. The van der Waals surface area contributed by atoms with E-state index in [1.165, 1.54) is 12.1 Å². The molecule has 1 heterocycles. The number of methoxy groups -OCH3 is 1. The van der Waals surface area contributed by atoms with Gasteiger partial charge in [-0.15, -0.1) is 0 Å². The van der Waals surface area contributed by atoms with Crippen molar-refractivity contribution in [3.8, 4) is 11.5 Å². The summed E-state index contributed by atoms with van der Waals surface area (Å²) in [7, 11) is 1.57. The van der Waals surface area contributed by atoms with Crippen LogP contribution in [0, 0.1) is 19.7 Å². The first-order valence-corrected chi connectivity index (χ1v) is 14.4. The number of nitrogens with zero attached hydrogens (tertiary/aromatic N) is 2. The first-order valence-electron chi connectivity index (χ1n) is 14.4. The highest BCUT2D eigenvalue weighted by molar-refractivity contribution is 5.95. The minimum absolute atomic E-state index is 0.00191. The lowest BCUT2D eigenvalue weighted by atomic mass is 10.0. The van der Waals surface area contributed by atoms with Crippen molar-refractivity contribution in [3.05, 3.63) is 107 Å². The predicted octanol–water partition coefficient (Wildman–Crippen LogP) is 4.75. The fraction of sp³-hybridized carbons (Fsp3) is 0.353. The van der Waals surface area contributed by atoms with Crippen molar-refractivity contribution in [3.63, 3.8) is 0 Å². The van der Waals surface area contributed by atoms with Crippen molar-refractivity contribution in [2.24, 2.45) is 0 Å². The van der Waals surface area contributed by atoms with E-state index in [2.05, 4.69) is 16.8 Å². The maximum atomic E-state index is 14.6. The van der Waals surface area contributed by atoms with Crippen LogP contribution in [0.4, 0.5) is 4.39 Å². The molecule has 3 aromatic carbocycles. The van der Waals surface area contributed by atoms with Crippen LogP contribution in [0.1, 0.15) is 51.7 Å². The number of benzene rings is 3. The number of aliphatic hydroxyl groups excluding tert-OH is 1. The number of halogens is 1. The molecule has 0 bridgehead atoms. The number of amides is 2. The maximum absolute atomic E-state index is 14.6. The van der Waals surface area contributed by atoms with Crippen LogP contribution >= 0.6 is 0 Å².